The number of para-hydroxylation sites is 4. The van der Waals surface area contributed by atoms with Gasteiger partial charge in [0.15, 0.2) is 0 Å². The van der Waals surface area contributed by atoms with Crippen LogP contribution in [0.2, 0.25) is 0 Å². The molecule has 48 heavy (non-hydrogen) atoms. The Morgan fingerprint density at radius 1 is 0.417 bits per heavy atom. The van der Waals surface area contributed by atoms with Gasteiger partial charge >= 0.3 is 0 Å². The van der Waals surface area contributed by atoms with Crippen LogP contribution in [0.3, 0.4) is 0 Å². The number of hydrogen-bond acceptors (Lipinski definition) is 4. The van der Waals surface area contributed by atoms with Crippen molar-refractivity contribution in [2.75, 3.05) is 0 Å². The summed E-state index contributed by atoms with van der Waals surface area (Å²) in [5, 5.41) is 2.03. The molecule has 0 aliphatic rings. The first-order valence-corrected chi connectivity index (χ1v) is 16.2. The van der Waals surface area contributed by atoms with E-state index in [4.69, 9.17) is 19.9 Å². The van der Waals surface area contributed by atoms with E-state index < -0.39 is 0 Å². The third-order valence-corrected chi connectivity index (χ3v) is 9.40. The van der Waals surface area contributed by atoms with Crippen LogP contribution in [0.4, 0.5) is 0 Å². The van der Waals surface area contributed by atoms with Crippen molar-refractivity contribution in [3.05, 3.63) is 145 Å². The van der Waals surface area contributed by atoms with Gasteiger partial charge < -0.3 is 0 Å². The van der Waals surface area contributed by atoms with Crippen molar-refractivity contribution in [2.45, 2.75) is 13.8 Å². The van der Waals surface area contributed by atoms with E-state index >= 15 is 0 Å². The highest BCUT2D eigenvalue weighted by atomic mass is 15.1. The van der Waals surface area contributed by atoms with E-state index in [-0.39, 0.29) is 0 Å². The van der Waals surface area contributed by atoms with Crippen LogP contribution in [0, 0.1) is 13.8 Å². The molecule has 6 aromatic carbocycles. The summed E-state index contributed by atoms with van der Waals surface area (Å²) in [6.07, 6.45) is 0. The fourth-order valence-corrected chi connectivity index (χ4v) is 7.10. The minimum absolute atomic E-state index is 0.868. The topological polar surface area (TPSA) is 60.4 Å². The van der Waals surface area contributed by atoms with Crippen LogP contribution in [0.15, 0.2) is 133 Å². The van der Waals surface area contributed by atoms with E-state index in [2.05, 4.69) is 138 Å². The average molecular weight is 617 g/mol. The van der Waals surface area contributed by atoms with E-state index in [9.17, 15) is 0 Å². The lowest BCUT2D eigenvalue weighted by Gasteiger charge is -2.13. The van der Waals surface area contributed by atoms with Gasteiger partial charge in [-0.3, -0.25) is 8.80 Å². The van der Waals surface area contributed by atoms with Gasteiger partial charge in [-0.25, -0.2) is 19.9 Å². The summed E-state index contributed by atoms with van der Waals surface area (Å²) in [4.78, 5) is 21.0. The summed E-state index contributed by atoms with van der Waals surface area (Å²) >= 11 is 0. The summed E-state index contributed by atoms with van der Waals surface area (Å²) in [6, 6.07) is 46.5. The monoisotopic (exact) mass is 616 g/mol. The van der Waals surface area contributed by atoms with Crippen molar-refractivity contribution in [3.8, 4) is 33.9 Å². The summed E-state index contributed by atoms with van der Waals surface area (Å²) in [5.74, 6) is 1.75. The van der Waals surface area contributed by atoms with Gasteiger partial charge in [-0.05, 0) is 67.9 Å². The van der Waals surface area contributed by atoms with E-state index in [0.29, 0.717) is 0 Å². The largest absolute Gasteiger partial charge is 0.276 e. The molecule has 0 saturated heterocycles. The SMILES string of the molecule is Cc1ccc(-c2nc3c(-c4ccc5c(c4)nc4c6ccccc6nc(-c6cccc(C)c6)n54)cccc3c3nc4ccccc4n23)cc1. The Balaban J connectivity index is 1.26. The molecule has 0 fully saturated rings. The first-order chi connectivity index (χ1) is 23.6. The maximum Gasteiger partial charge on any atom is 0.149 e. The molecule has 0 saturated carbocycles. The van der Waals surface area contributed by atoms with Gasteiger partial charge in [-0.15, -0.1) is 0 Å². The number of benzene rings is 6. The minimum Gasteiger partial charge on any atom is -0.276 e. The van der Waals surface area contributed by atoms with Gasteiger partial charge in [0.05, 0.1) is 33.1 Å². The molecular weight excluding hydrogens is 589 g/mol. The van der Waals surface area contributed by atoms with Gasteiger partial charge in [0.2, 0.25) is 0 Å². The number of aromatic nitrogens is 6. The Morgan fingerprint density at radius 2 is 1.08 bits per heavy atom. The zero-order valence-electron chi connectivity index (χ0n) is 26.4. The van der Waals surface area contributed by atoms with Crippen molar-refractivity contribution in [2.24, 2.45) is 0 Å². The van der Waals surface area contributed by atoms with Crippen LogP contribution in [-0.2, 0) is 0 Å². The highest BCUT2D eigenvalue weighted by Crippen LogP contribution is 2.37. The molecule has 0 bridgehead atoms. The molecule has 0 radical (unpaired) electrons. The highest BCUT2D eigenvalue weighted by molar-refractivity contribution is 6.06. The molecule has 0 amide bonds. The number of fused-ring (bicyclic) bond motifs is 10. The van der Waals surface area contributed by atoms with Gasteiger partial charge in [-0.1, -0.05) is 96.1 Å². The first-order valence-electron chi connectivity index (χ1n) is 16.2. The molecule has 0 spiro atoms. The Kier molecular flexibility index (Phi) is 5.61. The van der Waals surface area contributed by atoms with E-state index in [0.717, 1.165) is 89.1 Å². The number of hydrogen-bond donors (Lipinski definition) is 0. The summed E-state index contributed by atoms with van der Waals surface area (Å²) < 4.78 is 4.40. The van der Waals surface area contributed by atoms with Crippen molar-refractivity contribution < 1.29 is 0 Å². The smallest absolute Gasteiger partial charge is 0.149 e. The fraction of sp³-hybridized carbons (Fsp3) is 0.0476. The quantitative estimate of drug-likeness (QED) is 0.198. The van der Waals surface area contributed by atoms with Crippen LogP contribution >= 0.6 is 0 Å². The van der Waals surface area contributed by atoms with Gasteiger partial charge in [0.1, 0.15) is 22.9 Å². The maximum absolute atomic E-state index is 5.42. The van der Waals surface area contributed by atoms with E-state index in [1.165, 1.54) is 11.1 Å². The lowest BCUT2D eigenvalue weighted by molar-refractivity contribution is 1.16. The lowest BCUT2D eigenvalue weighted by Crippen LogP contribution is -1.99. The number of aryl methyl sites for hydroxylation is 2. The Bertz CT molecular complexity index is 2910. The Morgan fingerprint density at radius 3 is 1.94 bits per heavy atom. The molecule has 0 aliphatic carbocycles. The molecule has 6 heteroatoms. The van der Waals surface area contributed by atoms with Crippen LogP contribution in [0.25, 0.3) is 89.1 Å². The molecule has 10 aromatic rings. The van der Waals surface area contributed by atoms with Gasteiger partial charge in [0, 0.05) is 27.5 Å². The number of imidazole rings is 2. The molecule has 0 unspecified atom stereocenters. The standard InChI is InChI=1S/C42H28N6/c1-25-17-19-27(20-18-25)39-46-38-30(12-8-13-32(38)42-44-34-15-5-6-16-36(34)47(39)42)28-21-22-37-35(24-28)45-41-31-11-3-4-14-33(31)43-40(48(37)41)29-10-7-9-26(2)23-29/h3-24H,1-2H3. The third kappa shape index (κ3) is 3.93. The molecule has 4 aromatic heterocycles. The molecular formula is C42H28N6. The average Bonchev–Trinajstić information content (AvgIpc) is 3.71. The highest BCUT2D eigenvalue weighted by Gasteiger charge is 2.20. The van der Waals surface area contributed by atoms with Crippen LogP contribution in [0.5, 0.6) is 0 Å². The zero-order chi connectivity index (χ0) is 31.9. The van der Waals surface area contributed by atoms with Crippen molar-refractivity contribution in [1.29, 1.82) is 0 Å². The number of nitrogens with zero attached hydrogens (tertiary/aromatic N) is 6. The van der Waals surface area contributed by atoms with Crippen LogP contribution < -0.4 is 0 Å². The predicted octanol–water partition coefficient (Wildman–Crippen LogP) is 10.0. The minimum atomic E-state index is 0.868. The molecule has 0 aliphatic heterocycles. The maximum atomic E-state index is 5.42. The third-order valence-electron chi connectivity index (χ3n) is 9.40. The lowest BCUT2D eigenvalue weighted by atomic mass is 10.0. The molecule has 0 atom stereocenters. The van der Waals surface area contributed by atoms with Gasteiger partial charge in [0.25, 0.3) is 0 Å². The predicted molar refractivity (Wildman–Crippen MR) is 195 cm³/mol. The van der Waals surface area contributed by atoms with E-state index in [1.54, 1.807) is 0 Å². The Labute approximate surface area is 275 Å². The molecule has 10 rings (SSSR count). The molecule has 6 nitrogen and oxygen atoms in total. The summed E-state index contributed by atoms with van der Waals surface area (Å²) in [7, 11) is 0. The summed E-state index contributed by atoms with van der Waals surface area (Å²) in [6.45, 7) is 4.22. The van der Waals surface area contributed by atoms with Crippen molar-refractivity contribution >= 4 is 55.2 Å². The van der Waals surface area contributed by atoms with E-state index in [1.807, 2.05) is 18.2 Å². The molecule has 226 valence electrons. The Hall–Kier alpha value is -6.40. The van der Waals surface area contributed by atoms with Gasteiger partial charge in [-0.2, -0.15) is 0 Å². The summed E-state index contributed by atoms with van der Waals surface area (Å²) in [5.41, 5.74) is 14.1. The number of rotatable bonds is 3. The molecule has 0 N–H and O–H groups in total. The normalized spacial score (nSPS) is 12.0. The van der Waals surface area contributed by atoms with Crippen LogP contribution in [-0.4, -0.2) is 28.7 Å². The fourth-order valence-electron chi connectivity index (χ4n) is 7.10. The van der Waals surface area contributed by atoms with Crippen molar-refractivity contribution in [1.82, 2.24) is 28.7 Å². The zero-order valence-corrected chi connectivity index (χ0v) is 26.4. The second kappa shape index (κ2) is 10.0. The second-order valence-corrected chi connectivity index (χ2v) is 12.6. The van der Waals surface area contributed by atoms with Crippen LogP contribution in [0.1, 0.15) is 11.1 Å². The first kappa shape index (κ1) is 26.8. The molecule has 4 heterocycles. The van der Waals surface area contributed by atoms with Crippen molar-refractivity contribution in [3.63, 3.8) is 0 Å². The second-order valence-electron chi connectivity index (χ2n) is 12.6.